The van der Waals surface area contributed by atoms with Crippen molar-refractivity contribution < 1.29 is 0 Å². The van der Waals surface area contributed by atoms with Crippen molar-refractivity contribution in [1.29, 1.82) is 0 Å². The number of nitrogens with two attached hydrogens (primary N) is 1. The number of aromatic amines is 1. The maximum Gasteiger partial charge on any atom is 0.252 e. The molecule has 0 radical (unpaired) electrons. The standard InChI is InChI=1S/C15H27N5O/c1-3-13-17-14(9-15(21)18-13)20-6-4-5-19(7-8-20)11-12(2)10-16/h9,12H,3-8,10-11,16H2,1-2H3,(H,17,18,21). The van der Waals surface area contributed by atoms with E-state index in [1.807, 2.05) is 6.92 Å². The molecule has 0 aliphatic carbocycles. The van der Waals surface area contributed by atoms with Crippen molar-refractivity contribution in [2.24, 2.45) is 11.7 Å². The molecule has 1 fully saturated rings. The lowest BCUT2D eigenvalue weighted by molar-refractivity contribution is 0.255. The summed E-state index contributed by atoms with van der Waals surface area (Å²) in [6, 6.07) is 1.61. The molecule has 1 aliphatic heterocycles. The number of H-pyrrole nitrogens is 1. The Bertz CT molecular complexity index is 501. The number of anilines is 1. The van der Waals surface area contributed by atoms with Gasteiger partial charge in [-0.3, -0.25) is 4.79 Å². The number of nitrogens with zero attached hydrogens (tertiary/aromatic N) is 3. The highest BCUT2D eigenvalue weighted by atomic mass is 16.1. The van der Waals surface area contributed by atoms with E-state index in [0.717, 1.165) is 63.8 Å². The molecule has 6 heteroatoms. The predicted octanol–water partition coefficient (Wildman–Crippen LogP) is 0.439. The molecule has 0 amide bonds. The summed E-state index contributed by atoms with van der Waals surface area (Å²) in [5.74, 6) is 2.10. The van der Waals surface area contributed by atoms with E-state index in [4.69, 9.17) is 5.73 Å². The van der Waals surface area contributed by atoms with Crippen LogP contribution in [0.2, 0.25) is 0 Å². The van der Waals surface area contributed by atoms with E-state index in [2.05, 4.69) is 26.7 Å². The lowest BCUT2D eigenvalue weighted by Gasteiger charge is -2.24. The first-order chi connectivity index (χ1) is 10.1. The second-order valence-electron chi connectivity index (χ2n) is 5.89. The third kappa shape index (κ3) is 4.54. The van der Waals surface area contributed by atoms with E-state index in [9.17, 15) is 4.79 Å². The highest BCUT2D eigenvalue weighted by molar-refractivity contribution is 5.37. The van der Waals surface area contributed by atoms with Gasteiger partial charge in [-0.2, -0.15) is 0 Å². The summed E-state index contributed by atoms with van der Waals surface area (Å²) < 4.78 is 0. The van der Waals surface area contributed by atoms with Crippen LogP contribution in [0.1, 0.15) is 26.1 Å². The van der Waals surface area contributed by atoms with Gasteiger partial charge in [0.1, 0.15) is 11.6 Å². The summed E-state index contributed by atoms with van der Waals surface area (Å²) in [4.78, 5) is 23.7. The molecule has 0 spiro atoms. The fourth-order valence-electron chi connectivity index (χ4n) is 2.72. The van der Waals surface area contributed by atoms with Crippen molar-refractivity contribution >= 4 is 5.82 Å². The molecule has 1 aromatic heterocycles. The maximum atomic E-state index is 11.7. The van der Waals surface area contributed by atoms with Gasteiger partial charge in [-0.25, -0.2) is 4.98 Å². The highest BCUT2D eigenvalue weighted by Crippen LogP contribution is 2.13. The third-order valence-electron chi connectivity index (χ3n) is 4.00. The molecular formula is C15H27N5O. The second-order valence-corrected chi connectivity index (χ2v) is 5.89. The van der Waals surface area contributed by atoms with Gasteiger partial charge in [-0.1, -0.05) is 13.8 Å². The molecule has 0 aromatic carbocycles. The van der Waals surface area contributed by atoms with Gasteiger partial charge in [0.2, 0.25) is 0 Å². The largest absolute Gasteiger partial charge is 0.355 e. The molecule has 3 N–H and O–H groups in total. The summed E-state index contributed by atoms with van der Waals surface area (Å²) in [6.45, 7) is 9.92. The van der Waals surface area contributed by atoms with E-state index in [-0.39, 0.29) is 5.56 Å². The fraction of sp³-hybridized carbons (Fsp3) is 0.733. The van der Waals surface area contributed by atoms with Crippen molar-refractivity contribution in [3.8, 4) is 0 Å². The van der Waals surface area contributed by atoms with Crippen LogP contribution in [0, 0.1) is 5.92 Å². The van der Waals surface area contributed by atoms with E-state index in [1.165, 1.54) is 0 Å². The molecule has 2 rings (SSSR count). The molecule has 2 heterocycles. The van der Waals surface area contributed by atoms with Gasteiger partial charge in [0, 0.05) is 38.7 Å². The van der Waals surface area contributed by atoms with Crippen LogP contribution >= 0.6 is 0 Å². The molecule has 0 bridgehead atoms. The normalized spacial score (nSPS) is 18.5. The fourth-order valence-corrected chi connectivity index (χ4v) is 2.72. The average molecular weight is 293 g/mol. The van der Waals surface area contributed by atoms with Crippen LogP contribution in [0.3, 0.4) is 0 Å². The van der Waals surface area contributed by atoms with E-state index < -0.39 is 0 Å². The van der Waals surface area contributed by atoms with Gasteiger partial charge in [-0.05, 0) is 25.4 Å². The zero-order valence-electron chi connectivity index (χ0n) is 13.1. The van der Waals surface area contributed by atoms with Gasteiger partial charge in [0.15, 0.2) is 0 Å². The zero-order chi connectivity index (χ0) is 15.2. The summed E-state index contributed by atoms with van der Waals surface area (Å²) in [5, 5.41) is 0. The van der Waals surface area contributed by atoms with E-state index in [1.54, 1.807) is 6.07 Å². The number of aromatic nitrogens is 2. The third-order valence-corrected chi connectivity index (χ3v) is 4.00. The van der Waals surface area contributed by atoms with Gasteiger partial charge in [0.25, 0.3) is 5.56 Å². The van der Waals surface area contributed by atoms with Crippen molar-refractivity contribution in [2.75, 3.05) is 44.2 Å². The van der Waals surface area contributed by atoms with Crippen LogP contribution in [-0.2, 0) is 6.42 Å². The minimum Gasteiger partial charge on any atom is -0.355 e. The number of nitrogens with one attached hydrogen (secondary N) is 1. The first kappa shape index (κ1) is 16.0. The van der Waals surface area contributed by atoms with Gasteiger partial charge < -0.3 is 20.5 Å². The monoisotopic (exact) mass is 293 g/mol. The predicted molar refractivity (Wildman–Crippen MR) is 85.7 cm³/mol. The molecule has 1 atom stereocenters. The van der Waals surface area contributed by atoms with Crippen LogP contribution in [-0.4, -0.2) is 54.1 Å². The molecule has 1 unspecified atom stereocenters. The zero-order valence-corrected chi connectivity index (χ0v) is 13.1. The number of hydrogen-bond acceptors (Lipinski definition) is 5. The Morgan fingerprint density at radius 3 is 2.90 bits per heavy atom. The second kappa shape index (κ2) is 7.56. The smallest absolute Gasteiger partial charge is 0.252 e. The Morgan fingerprint density at radius 1 is 1.38 bits per heavy atom. The summed E-state index contributed by atoms with van der Waals surface area (Å²) >= 11 is 0. The van der Waals surface area contributed by atoms with Crippen LogP contribution in [0.25, 0.3) is 0 Å². The Labute approximate surface area is 126 Å². The first-order valence-electron chi connectivity index (χ1n) is 7.90. The SMILES string of the molecule is CCc1nc(N2CCCN(CC(C)CN)CC2)cc(=O)[nH]1. The molecule has 1 saturated heterocycles. The van der Waals surface area contributed by atoms with Crippen molar-refractivity contribution in [1.82, 2.24) is 14.9 Å². The van der Waals surface area contributed by atoms with Gasteiger partial charge in [0.05, 0.1) is 0 Å². The average Bonchev–Trinajstić information content (AvgIpc) is 2.72. The Kier molecular flexibility index (Phi) is 5.76. The molecule has 6 nitrogen and oxygen atoms in total. The van der Waals surface area contributed by atoms with Crippen LogP contribution in [0.15, 0.2) is 10.9 Å². The summed E-state index contributed by atoms with van der Waals surface area (Å²) in [5.41, 5.74) is 5.65. The molecular weight excluding hydrogens is 266 g/mol. The lowest BCUT2D eigenvalue weighted by atomic mass is 10.1. The van der Waals surface area contributed by atoms with Gasteiger partial charge >= 0.3 is 0 Å². The molecule has 1 aromatic rings. The van der Waals surface area contributed by atoms with Crippen molar-refractivity contribution in [3.63, 3.8) is 0 Å². The topological polar surface area (TPSA) is 78.2 Å². The molecule has 1 aliphatic rings. The Morgan fingerprint density at radius 2 is 2.19 bits per heavy atom. The molecule has 0 saturated carbocycles. The van der Waals surface area contributed by atoms with Crippen molar-refractivity contribution in [3.05, 3.63) is 22.2 Å². The first-order valence-corrected chi connectivity index (χ1v) is 7.90. The van der Waals surface area contributed by atoms with Crippen LogP contribution in [0.4, 0.5) is 5.82 Å². The summed E-state index contributed by atoms with van der Waals surface area (Å²) in [7, 11) is 0. The highest BCUT2D eigenvalue weighted by Gasteiger charge is 2.17. The molecule has 21 heavy (non-hydrogen) atoms. The Hall–Kier alpha value is -1.40. The van der Waals surface area contributed by atoms with Gasteiger partial charge in [-0.15, -0.1) is 0 Å². The molecule has 118 valence electrons. The number of rotatable bonds is 5. The quantitative estimate of drug-likeness (QED) is 0.823. The van der Waals surface area contributed by atoms with Crippen molar-refractivity contribution in [2.45, 2.75) is 26.7 Å². The lowest BCUT2D eigenvalue weighted by Crippen LogP contribution is -2.35. The van der Waals surface area contributed by atoms with Crippen LogP contribution in [0.5, 0.6) is 0 Å². The number of hydrogen-bond donors (Lipinski definition) is 2. The Balaban J connectivity index is 2.02. The minimum atomic E-state index is -0.0605. The maximum absolute atomic E-state index is 11.7. The number of aryl methyl sites for hydroxylation is 1. The van der Waals surface area contributed by atoms with Crippen LogP contribution < -0.4 is 16.2 Å². The minimum absolute atomic E-state index is 0.0605. The van der Waals surface area contributed by atoms with E-state index >= 15 is 0 Å². The summed E-state index contributed by atoms with van der Waals surface area (Å²) in [6.07, 6.45) is 1.84. The van der Waals surface area contributed by atoms with E-state index in [0.29, 0.717) is 5.92 Å².